The molecule has 1 nitrogen and oxygen atoms in total. The molecular formula is C43H29NS2. The van der Waals surface area contributed by atoms with Crippen molar-refractivity contribution in [3.63, 3.8) is 0 Å². The van der Waals surface area contributed by atoms with Crippen LogP contribution in [0.5, 0.6) is 0 Å². The largest absolute Gasteiger partial charge is 0.310 e. The third-order valence-corrected chi connectivity index (χ3v) is 12.3. The molecule has 1 aliphatic carbocycles. The monoisotopic (exact) mass is 623 g/mol. The maximum absolute atomic E-state index is 2.48. The highest BCUT2D eigenvalue weighted by molar-refractivity contribution is 7.30. The van der Waals surface area contributed by atoms with Crippen LogP contribution in [-0.4, -0.2) is 0 Å². The third kappa shape index (κ3) is 3.61. The van der Waals surface area contributed by atoms with E-state index in [0.29, 0.717) is 0 Å². The van der Waals surface area contributed by atoms with E-state index in [2.05, 4.69) is 158 Å². The smallest absolute Gasteiger partial charge is 0.0555 e. The molecule has 0 saturated carbocycles. The number of rotatable bonds is 3. The number of thiophene rings is 2. The van der Waals surface area contributed by atoms with Gasteiger partial charge < -0.3 is 4.90 Å². The summed E-state index contributed by atoms with van der Waals surface area (Å²) >= 11 is 3.84. The van der Waals surface area contributed by atoms with Gasteiger partial charge in [0.25, 0.3) is 0 Å². The first-order valence-electron chi connectivity index (χ1n) is 15.9. The number of hydrogen-bond acceptors (Lipinski definition) is 3. The molecule has 10 rings (SSSR count). The zero-order valence-electron chi connectivity index (χ0n) is 25.5. The second-order valence-electron chi connectivity index (χ2n) is 12.9. The summed E-state index contributed by atoms with van der Waals surface area (Å²) in [6.45, 7) is 4.73. The fourth-order valence-electron chi connectivity index (χ4n) is 7.83. The standard InChI is InChI=1S/C43H29NS2/c1-43(2)34-16-9-8-15-30(34)31-20-19-29(25-35(31)43)44(28-13-4-3-5-14-28)36-17-10-18-37-40(36)41-38(45-37)22-21-32-33-23-26-11-6-7-12-27(26)24-39(33)46-42(32)41/h3-25H,1-2H3. The molecule has 7 aromatic carbocycles. The molecule has 0 atom stereocenters. The number of hydrogen-bond donors (Lipinski definition) is 0. The summed E-state index contributed by atoms with van der Waals surface area (Å²) in [4.78, 5) is 2.48. The van der Waals surface area contributed by atoms with Gasteiger partial charge in [0.1, 0.15) is 0 Å². The molecule has 0 spiro atoms. The third-order valence-electron chi connectivity index (χ3n) is 10.0. The van der Waals surface area contributed by atoms with E-state index in [-0.39, 0.29) is 5.41 Å². The molecule has 0 N–H and O–H groups in total. The Balaban J connectivity index is 1.27. The van der Waals surface area contributed by atoms with Crippen LogP contribution in [0.2, 0.25) is 0 Å². The molecule has 3 heteroatoms. The molecule has 218 valence electrons. The molecule has 0 amide bonds. The molecule has 2 aromatic heterocycles. The highest BCUT2D eigenvalue weighted by Crippen LogP contribution is 2.53. The van der Waals surface area contributed by atoms with Crippen LogP contribution in [0.25, 0.3) is 62.2 Å². The maximum atomic E-state index is 2.48. The van der Waals surface area contributed by atoms with Gasteiger partial charge in [-0.2, -0.15) is 0 Å². The Hall–Kier alpha value is -4.96. The van der Waals surface area contributed by atoms with Gasteiger partial charge in [0.15, 0.2) is 0 Å². The SMILES string of the molecule is CC1(C)c2ccccc2-c2ccc(N(c3ccccc3)c3cccc4sc5ccc6c7cc8ccccc8cc7sc6c5c34)cc21. The van der Waals surface area contributed by atoms with Gasteiger partial charge in [-0.15, -0.1) is 22.7 Å². The quantitative estimate of drug-likeness (QED) is 0.189. The normalized spacial score (nSPS) is 13.6. The van der Waals surface area contributed by atoms with Gasteiger partial charge >= 0.3 is 0 Å². The lowest BCUT2D eigenvalue weighted by Gasteiger charge is -2.28. The molecule has 0 aliphatic heterocycles. The minimum absolute atomic E-state index is 0.0713. The average Bonchev–Trinajstić information content (AvgIpc) is 3.72. The summed E-state index contributed by atoms with van der Waals surface area (Å²) in [5, 5.41) is 7.98. The molecule has 0 bridgehead atoms. The van der Waals surface area contributed by atoms with Crippen LogP contribution in [0.1, 0.15) is 25.0 Å². The molecule has 0 unspecified atom stereocenters. The van der Waals surface area contributed by atoms with E-state index in [1.807, 2.05) is 22.7 Å². The molecule has 2 heterocycles. The van der Waals surface area contributed by atoms with Gasteiger partial charge in [-0.3, -0.25) is 0 Å². The first kappa shape index (κ1) is 26.3. The van der Waals surface area contributed by atoms with Crippen molar-refractivity contribution < 1.29 is 0 Å². The lowest BCUT2D eigenvalue weighted by Crippen LogP contribution is -2.16. The van der Waals surface area contributed by atoms with Crippen molar-refractivity contribution in [2.75, 3.05) is 4.90 Å². The summed E-state index contributed by atoms with van der Waals surface area (Å²) in [6, 6.07) is 51.9. The van der Waals surface area contributed by atoms with Crippen molar-refractivity contribution in [3.8, 4) is 11.1 Å². The van der Waals surface area contributed by atoms with Gasteiger partial charge in [-0.05, 0) is 87.6 Å². The molecular weight excluding hydrogens is 595 g/mol. The molecule has 0 radical (unpaired) electrons. The molecule has 9 aromatic rings. The first-order chi connectivity index (χ1) is 22.6. The van der Waals surface area contributed by atoms with Gasteiger partial charge in [0, 0.05) is 57.1 Å². The van der Waals surface area contributed by atoms with Gasteiger partial charge in [-0.1, -0.05) is 98.8 Å². The van der Waals surface area contributed by atoms with Crippen molar-refractivity contribution in [1.82, 2.24) is 0 Å². The number of para-hydroxylation sites is 1. The van der Waals surface area contributed by atoms with E-state index in [1.54, 1.807) is 0 Å². The molecule has 0 fully saturated rings. The Kier molecular flexibility index (Phi) is 5.44. The average molecular weight is 624 g/mol. The van der Waals surface area contributed by atoms with Crippen molar-refractivity contribution in [2.24, 2.45) is 0 Å². The van der Waals surface area contributed by atoms with Crippen LogP contribution in [0.4, 0.5) is 17.1 Å². The molecule has 46 heavy (non-hydrogen) atoms. The summed E-state index contributed by atoms with van der Waals surface area (Å²) < 4.78 is 5.38. The zero-order valence-corrected chi connectivity index (χ0v) is 27.2. The number of fused-ring (bicyclic) bond motifs is 11. The fraction of sp³-hybridized carbons (Fsp3) is 0.0698. The Morgan fingerprint density at radius 2 is 1.22 bits per heavy atom. The van der Waals surface area contributed by atoms with Crippen LogP contribution in [-0.2, 0) is 5.41 Å². The van der Waals surface area contributed by atoms with E-state index in [0.717, 1.165) is 5.69 Å². The summed E-state index contributed by atoms with van der Waals surface area (Å²) in [6.07, 6.45) is 0. The summed E-state index contributed by atoms with van der Waals surface area (Å²) in [7, 11) is 0. The van der Waals surface area contributed by atoms with E-state index >= 15 is 0 Å². The van der Waals surface area contributed by atoms with E-state index in [4.69, 9.17) is 0 Å². The Bertz CT molecular complexity index is 2670. The van der Waals surface area contributed by atoms with Crippen LogP contribution in [0.15, 0.2) is 140 Å². The lowest BCUT2D eigenvalue weighted by molar-refractivity contribution is 0.660. The van der Waals surface area contributed by atoms with Crippen molar-refractivity contribution in [3.05, 3.63) is 151 Å². The maximum Gasteiger partial charge on any atom is 0.0555 e. The van der Waals surface area contributed by atoms with Crippen molar-refractivity contribution in [2.45, 2.75) is 19.3 Å². The number of anilines is 3. The molecule has 1 aliphatic rings. The van der Waals surface area contributed by atoms with Crippen LogP contribution in [0, 0.1) is 0 Å². The van der Waals surface area contributed by atoms with E-state index < -0.39 is 0 Å². The Morgan fingerprint density at radius 1 is 0.478 bits per heavy atom. The van der Waals surface area contributed by atoms with Crippen molar-refractivity contribution >= 4 is 90.9 Å². The van der Waals surface area contributed by atoms with Gasteiger partial charge in [0.2, 0.25) is 0 Å². The van der Waals surface area contributed by atoms with Crippen LogP contribution < -0.4 is 4.90 Å². The first-order valence-corrected chi connectivity index (χ1v) is 17.5. The second kappa shape index (κ2) is 9.53. The minimum atomic E-state index is -0.0713. The second-order valence-corrected chi connectivity index (χ2v) is 15.1. The van der Waals surface area contributed by atoms with E-state index in [9.17, 15) is 0 Å². The number of nitrogens with zero attached hydrogens (tertiary/aromatic N) is 1. The highest BCUT2D eigenvalue weighted by atomic mass is 32.1. The zero-order chi connectivity index (χ0) is 30.6. The minimum Gasteiger partial charge on any atom is -0.310 e. The topological polar surface area (TPSA) is 3.24 Å². The van der Waals surface area contributed by atoms with Crippen LogP contribution >= 0.6 is 22.7 Å². The molecule has 0 saturated heterocycles. The van der Waals surface area contributed by atoms with Crippen LogP contribution in [0.3, 0.4) is 0 Å². The predicted octanol–water partition coefficient (Wildman–Crippen LogP) is 13.4. The highest BCUT2D eigenvalue weighted by Gasteiger charge is 2.36. The van der Waals surface area contributed by atoms with E-state index in [1.165, 1.54) is 84.7 Å². The Morgan fingerprint density at radius 3 is 2.09 bits per heavy atom. The number of benzene rings is 7. The predicted molar refractivity (Wildman–Crippen MR) is 202 cm³/mol. The summed E-state index contributed by atoms with van der Waals surface area (Å²) in [5.41, 5.74) is 8.98. The Labute approximate surface area is 275 Å². The van der Waals surface area contributed by atoms with Crippen molar-refractivity contribution in [1.29, 1.82) is 0 Å². The lowest BCUT2D eigenvalue weighted by atomic mass is 9.82. The van der Waals surface area contributed by atoms with Gasteiger partial charge in [0.05, 0.1) is 5.69 Å². The summed E-state index contributed by atoms with van der Waals surface area (Å²) in [5.74, 6) is 0. The van der Waals surface area contributed by atoms with Gasteiger partial charge in [-0.25, -0.2) is 0 Å². The fourth-order valence-corrected chi connectivity index (χ4v) is 10.3.